The number of carbonyl (C=O) groups is 1. The van der Waals surface area contributed by atoms with E-state index in [1.54, 1.807) is 37.4 Å². The van der Waals surface area contributed by atoms with Crippen molar-refractivity contribution in [3.05, 3.63) is 65.5 Å². The van der Waals surface area contributed by atoms with Gasteiger partial charge in [0.1, 0.15) is 11.6 Å². The molecule has 1 aliphatic rings. The van der Waals surface area contributed by atoms with Gasteiger partial charge in [-0.15, -0.1) is 0 Å². The molecule has 0 aliphatic carbocycles. The van der Waals surface area contributed by atoms with Gasteiger partial charge in [0.2, 0.25) is 0 Å². The van der Waals surface area contributed by atoms with E-state index in [9.17, 15) is 14.3 Å². The number of likely N-dealkylation sites (tertiary alicyclic amines) is 1. The minimum absolute atomic E-state index is 0.160. The highest BCUT2D eigenvalue weighted by molar-refractivity contribution is 5.96. The highest BCUT2D eigenvalue weighted by Gasteiger charge is 2.33. The quantitative estimate of drug-likeness (QED) is 0.818. The molecule has 0 aromatic heterocycles. The molecule has 0 radical (unpaired) electrons. The molecule has 6 heteroatoms. The van der Waals surface area contributed by atoms with Crippen molar-refractivity contribution < 1.29 is 19.0 Å². The molecule has 1 aliphatic heterocycles. The largest absolute Gasteiger partial charge is 0.496 e. The van der Waals surface area contributed by atoms with E-state index in [0.29, 0.717) is 37.2 Å². The predicted molar refractivity (Wildman–Crippen MR) is 101 cm³/mol. The van der Waals surface area contributed by atoms with Crippen molar-refractivity contribution >= 4 is 5.91 Å². The molecule has 0 bridgehead atoms. The van der Waals surface area contributed by atoms with Gasteiger partial charge in [-0.25, -0.2) is 4.39 Å². The summed E-state index contributed by atoms with van der Waals surface area (Å²) < 4.78 is 18.3. The fourth-order valence-electron chi connectivity index (χ4n) is 3.45. The number of nitrogens with one attached hydrogen (secondary N) is 1. The van der Waals surface area contributed by atoms with Crippen LogP contribution in [0.4, 0.5) is 4.39 Å². The van der Waals surface area contributed by atoms with Crippen molar-refractivity contribution in [3.63, 3.8) is 0 Å². The molecule has 1 saturated heterocycles. The monoisotopic (exact) mass is 372 g/mol. The summed E-state index contributed by atoms with van der Waals surface area (Å²) in [5.41, 5.74) is 0.363. The highest BCUT2D eigenvalue weighted by Crippen LogP contribution is 2.32. The van der Waals surface area contributed by atoms with Crippen LogP contribution in [0.1, 0.15) is 28.8 Å². The number of piperidine rings is 1. The lowest BCUT2D eigenvalue weighted by atomic mass is 9.84. The lowest BCUT2D eigenvalue weighted by Gasteiger charge is -2.38. The minimum Gasteiger partial charge on any atom is -0.496 e. The van der Waals surface area contributed by atoms with Gasteiger partial charge < -0.3 is 20.1 Å². The third-order valence-corrected chi connectivity index (χ3v) is 5.13. The molecule has 2 N–H and O–H groups in total. The molecule has 0 unspecified atom stereocenters. The number of hydrogen-bond donors (Lipinski definition) is 2. The summed E-state index contributed by atoms with van der Waals surface area (Å²) in [5.74, 6) is 0.0928. The van der Waals surface area contributed by atoms with Crippen molar-refractivity contribution in [3.8, 4) is 5.75 Å². The molecule has 0 saturated carbocycles. The number of rotatable bonds is 6. The van der Waals surface area contributed by atoms with Crippen LogP contribution in [0.2, 0.25) is 0 Å². The standard InChI is InChI=1S/C21H25FN2O3/c1-27-19-5-3-2-4-18(19)20(25)23-12-15-24-13-10-21(26,11-14-24)16-6-8-17(22)9-7-16/h2-9,26H,10-15H2,1H3,(H,23,25). The van der Waals surface area contributed by atoms with Gasteiger partial charge in [0.25, 0.3) is 5.91 Å². The second kappa shape index (κ2) is 8.50. The second-order valence-electron chi connectivity index (χ2n) is 6.84. The summed E-state index contributed by atoms with van der Waals surface area (Å²) in [7, 11) is 1.54. The zero-order valence-corrected chi connectivity index (χ0v) is 15.5. The number of hydrogen-bond acceptors (Lipinski definition) is 4. The van der Waals surface area contributed by atoms with E-state index in [1.807, 2.05) is 6.07 Å². The molecule has 3 rings (SSSR count). The molecular weight excluding hydrogens is 347 g/mol. The van der Waals surface area contributed by atoms with Gasteiger partial charge >= 0.3 is 0 Å². The Labute approximate surface area is 158 Å². The molecule has 0 atom stereocenters. The topological polar surface area (TPSA) is 61.8 Å². The van der Waals surface area contributed by atoms with E-state index in [2.05, 4.69) is 10.2 Å². The van der Waals surface area contributed by atoms with Crippen molar-refractivity contribution in [1.82, 2.24) is 10.2 Å². The zero-order chi connectivity index (χ0) is 19.3. The van der Waals surface area contributed by atoms with Gasteiger partial charge in [0.15, 0.2) is 0 Å². The first-order valence-corrected chi connectivity index (χ1v) is 9.14. The molecule has 2 aromatic carbocycles. The van der Waals surface area contributed by atoms with Crippen LogP contribution in [0.25, 0.3) is 0 Å². The summed E-state index contributed by atoms with van der Waals surface area (Å²) in [6.45, 7) is 2.67. The van der Waals surface area contributed by atoms with Gasteiger partial charge in [-0.1, -0.05) is 24.3 Å². The van der Waals surface area contributed by atoms with Crippen LogP contribution in [0.15, 0.2) is 48.5 Å². The third kappa shape index (κ3) is 4.64. The van der Waals surface area contributed by atoms with Crippen LogP contribution in [-0.4, -0.2) is 49.2 Å². The number of para-hydroxylation sites is 1. The van der Waals surface area contributed by atoms with Gasteiger partial charge in [0, 0.05) is 26.2 Å². The fourth-order valence-corrected chi connectivity index (χ4v) is 3.45. The van der Waals surface area contributed by atoms with E-state index >= 15 is 0 Å². The maximum absolute atomic E-state index is 13.1. The molecule has 5 nitrogen and oxygen atoms in total. The molecular formula is C21H25FN2O3. The SMILES string of the molecule is COc1ccccc1C(=O)NCCN1CCC(O)(c2ccc(F)cc2)CC1. The summed E-state index contributed by atoms with van der Waals surface area (Å²) in [5, 5.41) is 13.8. The lowest BCUT2D eigenvalue weighted by molar-refractivity contribution is -0.0255. The van der Waals surface area contributed by atoms with Gasteiger partial charge in [-0.3, -0.25) is 4.79 Å². The Morgan fingerprint density at radius 1 is 1.19 bits per heavy atom. The number of aliphatic hydroxyl groups is 1. The first-order valence-electron chi connectivity index (χ1n) is 9.14. The molecule has 27 heavy (non-hydrogen) atoms. The Morgan fingerprint density at radius 2 is 1.85 bits per heavy atom. The van der Waals surface area contributed by atoms with Gasteiger partial charge in [-0.2, -0.15) is 0 Å². The summed E-state index contributed by atoms with van der Waals surface area (Å²) >= 11 is 0. The number of halogens is 1. The summed E-state index contributed by atoms with van der Waals surface area (Å²) in [6, 6.07) is 13.2. The maximum atomic E-state index is 13.1. The molecule has 1 fully saturated rings. The summed E-state index contributed by atoms with van der Waals surface area (Å²) in [6.07, 6.45) is 1.16. The van der Waals surface area contributed by atoms with Crippen LogP contribution < -0.4 is 10.1 Å². The summed E-state index contributed by atoms with van der Waals surface area (Å²) in [4.78, 5) is 14.5. The smallest absolute Gasteiger partial charge is 0.255 e. The lowest BCUT2D eigenvalue weighted by Crippen LogP contribution is -2.45. The first-order chi connectivity index (χ1) is 13.0. The zero-order valence-electron chi connectivity index (χ0n) is 15.5. The van der Waals surface area contributed by atoms with E-state index in [1.165, 1.54) is 12.1 Å². The number of amides is 1. The Morgan fingerprint density at radius 3 is 2.52 bits per heavy atom. The average molecular weight is 372 g/mol. The third-order valence-electron chi connectivity index (χ3n) is 5.13. The molecule has 0 spiro atoms. The highest BCUT2D eigenvalue weighted by atomic mass is 19.1. The number of carbonyl (C=O) groups excluding carboxylic acids is 1. The maximum Gasteiger partial charge on any atom is 0.255 e. The predicted octanol–water partition coefficient (Wildman–Crippen LogP) is 2.55. The number of benzene rings is 2. The Bertz CT molecular complexity index is 771. The van der Waals surface area contributed by atoms with E-state index in [4.69, 9.17) is 4.74 Å². The Kier molecular flexibility index (Phi) is 6.08. The van der Waals surface area contributed by atoms with E-state index < -0.39 is 5.60 Å². The van der Waals surface area contributed by atoms with Gasteiger partial charge in [-0.05, 0) is 42.7 Å². The second-order valence-corrected chi connectivity index (χ2v) is 6.84. The normalized spacial score (nSPS) is 16.7. The molecule has 1 amide bonds. The molecule has 144 valence electrons. The van der Waals surface area contributed by atoms with Crippen molar-refractivity contribution in [2.45, 2.75) is 18.4 Å². The number of ether oxygens (including phenoxy) is 1. The van der Waals surface area contributed by atoms with Crippen molar-refractivity contribution in [2.75, 3.05) is 33.3 Å². The van der Waals surface area contributed by atoms with Crippen LogP contribution in [0.5, 0.6) is 5.75 Å². The Hall–Kier alpha value is -2.44. The molecule has 2 aromatic rings. The van der Waals surface area contributed by atoms with E-state index in [0.717, 1.165) is 18.7 Å². The Balaban J connectivity index is 1.47. The fraction of sp³-hybridized carbons (Fsp3) is 0.381. The first kappa shape index (κ1) is 19.3. The average Bonchev–Trinajstić information content (AvgIpc) is 2.70. The number of nitrogens with zero attached hydrogens (tertiary/aromatic N) is 1. The van der Waals surface area contributed by atoms with E-state index in [-0.39, 0.29) is 11.7 Å². The number of methoxy groups -OCH3 is 1. The minimum atomic E-state index is -0.912. The van der Waals surface area contributed by atoms with Crippen molar-refractivity contribution in [1.29, 1.82) is 0 Å². The van der Waals surface area contributed by atoms with Crippen LogP contribution in [0.3, 0.4) is 0 Å². The molecule has 1 heterocycles. The van der Waals surface area contributed by atoms with Crippen LogP contribution in [0, 0.1) is 5.82 Å². The van der Waals surface area contributed by atoms with Gasteiger partial charge in [0.05, 0.1) is 18.3 Å². The van der Waals surface area contributed by atoms with Crippen LogP contribution >= 0.6 is 0 Å². The van der Waals surface area contributed by atoms with Crippen molar-refractivity contribution in [2.24, 2.45) is 0 Å². The van der Waals surface area contributed by atoms with Crippen LogP contribution in [-0.2, 0) is 5.60 Å².